The summed E-state index contributed by atoms with van der Waals surface area (Å²) in [6, 6.07) is 17.0. The summed E-state index contributed by atoms with van der Waals surface area (Å²) < 4.78 is 0. The van der Waals surface area contributed by atoms with E-state index < -0.39 is 0 Å². The lowest BCUT2D eigenvalue weighted by atomic mass is 9.91. The predicted molar refractivity (Wildman–Crippen MR) is 87.6 cm³/mol. The van der Waals surface area contributed by atoms with Crippen molar-refractivity contribution < 1.29 is 0 Å². The minimum Gasteiger partial charge on any atom is -0.316 e. The summed E-state index contributed by atoms with van der Waals surface area (Å²) in [5.74, 6) is 0.481. The maximum atomic E-state index is 6.08. The van der Waals surface area contributed by atoms with Gasteiger partial charge in [-0.05, 0) is 43.1 Å². The van der Waals surface area contributed by atoms with Crippen LogP contribution in [0.4, 0.5) is 0 Å². The molecule has 0 aliphatic carbocycles. The quantitative estimate of drug-likeness (QED) is 0.820. The van der Waals surface area contributed by atoms with Crippen molar-refractivity contribution in [1.29, 1.82) is 0 Å². The normalized spacial score (nSPS) is 12.3. The first-order chi connectivity index (χ1) is 9.69. The van der Waals surface area contributed by atoms with Gasteiger partial charge in [-0.25, -0.2) is 0 Å². The summed E-state index contributed by atoms with van der Waals surface area (Å²) in [5.41, 5.74) is 3.98. The van der Waals surface area contributed by atoms with E-state index >= 15 is 0 Å². The highest BCUT2D eigenvalue weighted by atomic mass is 35.5. The maximum Gasteiger partial charge on any atom is 0.0408 e. The molecule has 1 N–H and O–H groups in total. The third-order valence-electron chi connectivity index (χ3n) is 3.56. The number of halogens is 1. The van der Waals surface area contributed by atoms with Gasteiger partial charge in [-0.2, -0.15) is 0 Å². The Labute approximate surface area is 127 Å². The molecule has 0 saturated carbocycles. The topological polar surface area (TPSA) is 12.0 Å². The van der Waals surface area contributed by atoms with Gasteiger partial charge in [-0.15, -0.1) is 0 Å². The Morgan fingerprint density at radius 1 is 1.10 bits per heavy atom. The zero-order valence-corrected chi connectivity index (χ0v) is 13.0. The second-order valence-electron chi connectivity index (χ2n) is 5.25. The first kappa shape index (κ1) is 15.1. The Morgan fingerprint density at radius 3 is 2.50 bits per heavy atom. The second kappa shape index (κ2) is 7.47. The van der Waals surface area contributed by atoms with E-state index in [1.807, 2.05) is 12.1 Å². The molecule has 0 spiro atoms. The van der Waals surface area contributed by atoms with Crippen molar-refractivity contribution in [2.75, 3.05) is 13.1 Å². The van der Waals surface area contributed by atoms with Crippen LogP contribution in [0, 0.1) is 6.92 Å². The zero-order valence-electron chi connectivity index (χ0n) is 12.2. The smallest absolute Gasteiger partial charge is 0.0408 e. The molecule has 0 aromatic heterocycles. The van der Waals surface area contributed by atoms with Crippen LogP contribution in [0.15, 0.2) is 48.5 Å². The van der Waals surface area contributed by atoms with Crippen molar-refractivity contribution in [3.63, 3.8) is 0 Å². The minimum absolute atomic E-state index is 0.481. The molecule has 0 bridgehead atoms. The fourth-order valence-corrected chi connectivity index (χ4v) is 2.63. The Morgan fingerprint density at radius 2 is 1.85 bits per heavy atom. The molecule has 0 fully saturated rings. The highest BCUT2D eigenvalue weighted by Crippen LogP contribution is 2.22. The number of benzene rings is 2. The number of aryl methyl sites for hydroxylation is 1. The van der Waals surface area contributed by atoms with Gasteiger partial charge in [-0.3, -0.25) is 0 Å². The minimum atomic E-state index is 0.481. The van der Waals surface area contributed by atoms with Gasteiger partial charge < -0.3 is 5.32 Å². The Balaban J connectivity index is 2.16. The Kier molecular flexibility index (Phi) is 5.63. The number of rotatable bonds is 6. The van der Waals surface area contributed by atoms with Crippen molar-refractivity contribution in [2.24, 2.45) is 0 Å². The van der Waals surface area contributed by atoms with Crippen molar-refractivity contribution in [3.05, 3.63) is 70.2 Å². The Hall–Kier alpha value is -1.31. The third kappa shape index (κ3) is 4.36. The molecule has 2 rings (SSSR count). The lowest BCUT2D eigenvalue weighted by molar-refractivity contribution is 0.595. The van der Waals surface area contributed by atoms with Gasteiger partial charge in [0.15, 0.2) is 0 Å². The van der Waals surface area contributed by atoms with Gasteiger partial charge in [0.05, 0.1) is 0 Å². The van der Waals surface area contributed by atoms with Crippen LogP contribution in [-0.2, 0) is 6.42 Å². The van der Waals surface area contributed by atoms with E-state index in [9.17, 15) is 0 Å². The van der Waals surface area contributed by atoms with Crippen molar-refractivity contribution >= 4 is 11.6 Å². The van der Waals surface area contributed by atoms with Gasteiger partial charge in [0, 0.05) is 17.5 Å². The molecule has 0 saturated heterocycles. The van der Waals surface area contributed by atoms with E-state index in [-0.39, 0.29) is 0 Å². The van der Waals surface area contributed by atoms with Crippen LogP contribution in [0.2, 0.25) is 5.02 Å². The highest BCUT2D eigenvalue weighted by molar-refractivity contribution is 6.30. The van der Waals surface area contributed by atoms with E-state index in [4.69, 9.17) is 11.6 Å². The van der Waals surface area contributed by atoms with Crippen molar-refractivity contribution in [1.82, 2.24) is 5.32 Å². The number of nitrogens with one attached hydrogen (secondary N) is 1. The highest BCUT2D eigenvalue weighted by Gasteiger charge is 2.12. The molecule has 2 heteroatoms. The standard InChI is InChI=1S/C18H22ClN/c1-3-20-13-17(16-9-7-14(2)8-10-16)11-15-5-4-6-18(19)12-15/h4-10,12,17,20H,3,11,13H2,1-2H3. The summed E-state index contributed by atoms with van der Waals surface area (Å²) in [7, 11) is 0. The number of hydrogen-bond acceptors (Lipinski definition) is 1. The molecule has 20 heavy (non-hydrogen) atoms. The van der Waals surface area contributed by atoms with E-state index in [0.29, 0.717) is 5.92 Å². The summed E-state index contributed by atoms with van der Waals surface area (Å²) in [6.45, 7) is 6.26. The molecule has 1 unspecified atom stereocenters. The molecular weight excluding hydrogens is 266 g/mol. The first-order valence-corrected chi connectivity index (χ1v) is 7.58. The van der Waals surface area contributed by atoms with Gasteiger partial charge in [0.2, 0.25) is 0 Å². The molecule has 0 aliphatic rings. The third-order valence-corrected chi connectivity index (χ3v) is 3.80. The van der Waals surface area contributed by atoms with Crippen LogP contribution >= 0.6 is 11.6 Å². The Bertz CT molecular complexity index is 533. The van der Waals surface area contributed by atoms with E-state index in [0.717, 1.165) is 24.5 Å². The molecular formula is C18H22ClN. The lowest BCUT2D eigenvalue weighted by Gasteiger charge is -2.18. The van der Waals surface area contributed by atoms with Crippen LogP contribution in [0.3, 0.4) is 0 Å². The zero-order chi connectivity index (χ0) is 14.4. The van der Waals surface area contributed by atoms with Gasteiger partial charge in [0.25, 0.3) is 0 Å². The average Bonchev–Trinajstić information content (AvgIpc) is 2.44. The largest absolute Gasteiger partial charge is 0.316 e. The molecule has 0 aliphatic heterocycles. The van der Waals surface area contributed by atoms with Crippen LogP contribution in [0.5, 0.6) is 0 Å². The molecule has 2 aromatic carbocycles. The van der Waals surface area contributed by atoms with Crippen LogP contribution in [-0.4, -0.2) is 13.1 Å². The average molecular weight is 288 g/mol. The lowest BCUT2D eigenvalue weighted by Crippen LogP contribution is -2.22. The van der Waals surface area contributed by atoms with Crippen molar-refractivity contribution in [3.8, 4) is 0 Å². The summed E-state index contributed by atoms with van der Waals surface area (Å²) in [6.07, 6.45) is 1.01. The summed E-state index contributed by atoms with van der Waals surface area (Å²) >= 11 is 6.08. The van der Waals surface area contributed by atoms with Crippen LogP contribution < -0.4 is 5.32 Å². The molecule has 2 aromatic rings. The second-order valence-corrected chi connectivity index (χ2v) is 5.69. The fourth-order valence-electron chi connectivity index (χ4n) is 2.41. The molecule has 0 radical (unpaired) electrons. The molecule has 0 amide bonds. The van der Waals surface area contributed by atoms with E-state index in [1.54, 1.807) is 0 Å². The fraction of sp³-hybridized carbons (Fsp3) is 0.333. The predicted octanol–water partition coefficient (Wildman–Crippen LogP) is 4.58. The van der Waals surface area contributed by atoms with E-state index in [1.165, 1.54) is 16.7 Å². The van der Waals surface area contributed by atoms with Gasteiger partial charge in [-0.1, -0.05) is 60.5 Å². The number of likely N-dealkylation sites (N-methyl/N-ethyl adjacent to an activating group) is 1. The summed E-state index contributed by atoms with van der Waals surface area (Å²) in [4.78, 5) is 0. The molecule has 1 atom stereocenters. The first-order valence-electron chi connectivity index (χ1n) is 7.20. The number of hydrogen-bond donors (Lipinski definition) is 1. The van der Waals surface area contributed by atoms with Crippen LogP contribution in [0.1, 0.15) is 29.5 Å². The monoisotopic (exact) mass is 287 g/mol. The van der Waals surface area contributed by atoms with E-state index in [2.05, 4.69) is 55.6 Å². The van der Waals surface area contributed by atoms with Crippen LogP contribution in [0.25, 0.3) is 0 Å². The van der Waals surface area contributed by atoms with Crippen molar-refractivity contribution in [2.45, 2.75) is 26.2 Å². The molecule has 0 heterocycles. The maximum absolute atomic E-state index is 6.08. The molecule has 106 valence electrons. The summed E-state index contributed by atoms with van der Waals surface area (Å²) in [5, 5.41) is 4.28. The van der Waals surface area contributed by atoms with Gasteiger partial charge >= 0.3 is 0 Å². The molecule has 1 nitrogen and oxygen atoms in total. The van der Waals surface area contributed by atoms with Gasteiger partial charge in [0.1, 0.15) is 0 Å². The SMILES string of the molecule is CCNCC(Cc1cccc(Cl)c1)c1ccc(C)cc1.